The van der Waals surface area contributed by atoms with Crippen molar-refractivity contribution in [1.29, 1.82) is 0 Å². The van der Waals surface area contributed by atoms with Gasteiger partial charge in [0.1, 0.15) is 18.2 Å². The summed E-state index contributed by atoms with van der Waals surface area (Å²) in [4.78, 5) is 0. The molecule has 1 aromatic heterocycles. The smallest absolute Gasteiger partial charge is 0.145 e. The van der Waals surface area contributed by atoms with Gasteiger partial charge in [-0.1, -0.05) is 30.3 Å². The first-order chi connectivity index (χ1) is 8.88. The van der Waals surface area contributed by atoms with E-state index >= 15 is 0 Å². The van der Waals surface area contributed by atoms with Gasteiger partial charge in [-0.05, 0) is 12.5 Å². The van der Waals surface area contributed by atoms with Crippen LogP contribution in [0.25, 0.3) is 0 Å². The predicted octanol–water partition coefficient (Wildman–Crippen LogP) is 2.23. The fourth-order valence-electron chi connectivity index (χ4n) is 2.21. The number of para-hydroxylation sites is 1. The van der Waals surface area contributed by atoms with Gasteiger partial charge in [-0.3, -0.25) is 0 Å². The molecule has 2 aromatic rings. The molecular formula is C13H16N4O. The van der Waals surface area contributed by atoms with Crippen LogP contribution in [-0.2, 0) is 6.54 Å². The summed E-state index contributed by atoms with van der Waals surface area (Å²) < 4.78 is 7.54. The summed E-state index contributed by atoms with van der Waals surface area (Å²) in [5.41, 5.74) is 1.20. The molecule has 1 atom stereocenters. The van der Waals surface area contributed by atoms with Crippen LogP contribution >= 0.6 is 0 Å². The van der Waals surface area contributed by atoms with Crippen LogP contribution < -0.4 is 10.1 Å². The molecule has 1 N–H and O–H groups in total. The largest absolute Gasteiger partial charge is 0.491 e. The topological polar surface area (TPSA) is 52.0 Å². The maximum Gasteiger partial charge on any atom is 0.145 e. The standard InChI is InChI=1S/C13H16N4O/c1-2-7-17-13(8-14-16-17)15-11-9-18-12-6-4-3-5-10(11)12/h3-6,8,11,15H,2,7,9H2,1H3. The Balaban J connectivity index is 1.80. The van der Waals surface area contributed by atoms with Crippen LogP contribution in [0.5, 0.6) is 5.75 Å². The molecule has 1 unspecified atom stereocenters. The Bertz CT molecular complexity index is 537. The van der Waals surface area contributed by atoms with Crippen LogP contribution in [0.2, 0.25) is 0 Å². The molecule has 2 heterocycles. The van der Waals surface area contributed by atoms with Gasteiger partial charge in [0.05, 0.1) is 12.2 Å². The van der Waals surface area contributed by atoms with E-state index in [1.807, 2.05) is 22.9 Å². The first-order valence-corrected chi connectivity index (χ1v) is 6.25. The van der Waals surface area contributed by atoms with E-state index in [4.69, 9.17) is 4.74 Å². The maximum absolute atomic E-state index is 5.65. The fourth-order valence-corrected chi connectivity index (χ4v) is 2.21. The molecule has 94 valence electrons. The Labute approximate surface area is 106 Å². The summed E-state index contributed by atoms with van der Waals surface area (Å²) in [6, 6.07) is 8.29. The molecular weight excluding hydrogens is 228 g/mol. The number of aromatic nitrogens is 3. The summed E-state index contributed by atoms with van der Waals surface area (Å²) in [5, 5.41) is 11.5. The van der Waals surface area contributed by atoms with Crippen molar-refractivity contribution in [2.45, 2.75) is 25.9 Å². The van der Waals surface area contributed by atoms with Crippen LogP contribution in [0.4, 0.5) is 5.82 Å². The van der Waals surface area contributed by atoms with Crippen LogP contribution in [0.1, 0.15) is 24.9 Å². The van der Waals surface area contributed by atoms with E-state index in [-0.39, 0.29) is 6.04 Å². The molecule has 0 fully saturated rings. The van der Waals surface area contributed by atoms with E-state index in [9.17, 15) is 0 Å². The number of hydrogen-bond donors (Lipinski definition) is 1. The second-order valence-electron chi connectivity index (χ2n) is 4.39. The second-order valence-corrected chi connectivity index (χ2v) is 4.39. The SMILES string of the molecule is CCCn1nncc1NC1COc2ccccc21. The number of fused-ring (bicyclic) bond motifs is 1. The molecule has 18 heavy (non-hydrogen) atoms. The van der Waals surface area contributed by atoms with Crippen molar-refractivity contribution < 1.29 is 4.74 Å². The average molecular weight is 244 g/mol. The van der Waals surface area contributed by atoms with Crippen LogP contribution in [0.3, 0.4) is 0 Å². The van der Waals surface area contributed by atoms with Crippen molar-refractivity contribution >= 4 is 5.82 Å². The third kappa shape index (κ3) is 1.92. The van der Waals surface area contributed by atoms with Crippen LogP contribution in [0, 0.1) is 0 Å². The highest BCUT2D eigenvalue weighted by Crippen LogP contribution is 2.33. The van der Waals surface area contributed by atoms with Gasteiger partial charge in [-0.2, -0.15) is 0 Å². The van der Waals surface area contributed by atoms with Gasteiger partial charge >= 0.3 is 0 Å². The summed E-state index contributed by atoms with van der Waals surface area (Å²) in [5.74, 6) is 1.91. The number of anilines is 1. The van der Waals surface area contributed by atoms with Crippen molar-refractivity contribution in [1.82, 2.24) is 15.0 Å². The number of aryl methyl sites for hydroxylation is 1. The lowest BCUT2D eigenvalue weighted by atomic mass is 10.1. The minimum absolute atomic E-state index is 0.176. The van der Waals surface area contributed by atoms with Crippen molar-refractivity contribution in [3.05, 3.63) is 36.0 Å². The first-order valence-electron chi connectivity index (χ1n) is 6.25. The molecule has 0 saturated carbocycles. The summed E-state index contributed by atoms with van der Waals surface area (Å²) in [7, 11) is 0. The van der Waals surface area contributed by atoms with Crippen molar-refractivity contribution in [2.75, 3.05) is 11.9 Å². The van der Waals surface area contributed by atoms with E-state index in [2.05, 4.69) is 28.6 Å². The zero-order valence-corrected chi connectivity index (χ0v) is 10.3. The molecule has 0 aliphatic carbocycles. The minimum Gasteiger partial charge on any atom is -0.491 e. The van der Waals surface area contributed by atoms with Crippen LogP contribution in [0.15, 0.2) is 30.5 Å². The Morgan fingerprint density at radius 1 is 1.44 bits per heavy atom. The Kier molecular flexibility index (Phi) is 2.88. The zero-order chi connectivity index (χ0) is 12.4. The minimum atomic E-state index is 0.176. The molecule has 0 bridgehead atoms. The third-order valence-corrected chi connectivity index (χ3v) is 3.08. The molecule has 5 heteroatoms. The lowest BCUT2D eigenvalue weighted by Crippen LogP contribution is -2.15. The molecule has 3 rings (SSSR count). The fraction of sp³-hybridized carbons (Fsp3) is 0.385. The van der Waals surface area contributed by atoms with E-state index in [0.717, 1.165) is 24.5 Å². The third-order valence-electron chi connectivity index (χ3n) is 3.08. The average Bonchev–Trinajstić information content (AvgIpc) is 2.99. The quantitative estimate of drug-likeness (QED) is 0.896. The number of rotatable bonds is 4. The van der Waals surface area contributed by atoms with Gasteiger partial charge in [-0.15, -0.1) is 5.10 Å². The Morgan fingerprint density at radius 2 is 2.33 bits per heavy atom. The monoisotopic (exact) mass is 244 g/mol. The number of nitrogens with zero attached hydrogens (tertiary/aromatic N) is 3. The molecule has 0 radical (unpaired) electrons. The molecule has 0 amide bonds. The number of ether oxygens (including phenoxy) is 1. The first kappa shape index (κ1) is 11.1. The van der Waals surface area contributed by atoms with E-state index < -0.39 is 0 Å². The molecule has 0 spiro atoms. The van der Waals surface area contributed by atoms with Gasteiger partial charge in [0.25, 0.3) is 0 Å². The highest BCUT2D eigenvalue weighted by Gasteiger charge is 2.24. The molecule has 5 nitrogen and oxygen atoms in total. The van der Waals surface area contributed by atoms with Gasteiger partial charge in [0.15, 0.2) is 0 Å². The van der Waals surface area contributed by atoms with Crippen LogP contribution in [-0.4, -0.2) is 21.6 Å². The van der Waals surface area contributed by atoms with Gasteiger partial charge < -0.3 is 10.1 Å². The number of nitrogens with one attached hydrogen (secondary N) is 1. The van der Waals surface area contributed by atoms with Crippen molar-refractivity contribution in [3.63, 3.8) is 0 Å². The lowest BCUT2D eigenvalue weighted by Gasteiger charge is -2.13. The highest BCUT2D eigenvalue weighted by molar-refractivity contribution is 5.45. The predicted molar refractivity (Wildman–Crippen MR) is 68.6 cm³/mol. The summed E-state index contributed by atoms with van der Waals surface area (Å²) >= 11 is 0. The Morgan fingerprint density at radius 3 is 3.22 bits per heavy atom. The van der Waals surface area contributed by atoms with Crippen molar-refractivity contribution in [2.24, 2.45) is 0 Å². The van der Waals surface area contributed by atoms with Gasteiger partial charge in [-0.25, -0.2) is 4.68 Å². The number of benzene rings is 1. The van der Waals surface area contributed by atoms with Gasteiger partial charge in [0, 0.05) is 12.1 Å². The van der Waals surface area contributed by atoms with Crippen molar-refractivity contribution in [3.8, 4) is 5.75 Å². The highest BCUT2D eigenvalue weighted by atomic mass is 16.5. The molecule has 0 saturated heterocycles. The number of hydrogen-bond acceptors (Lipinski definition) is 4. The van der Waals surface area contributed by atoms with E-state index in [0.29, 0.717) is 6.61 Å². The maximum atomic E-state index is 5.65. The van der Waals surface area contributed by atoms with E-state index in [1.54, 1.807) is 6.20 Å². The molecule has 1 aromatic carbocycles. The molecule has 1 aliphatic rings. The normalized spacial score (nSPS) is 17.3. The zero-order valence-electron chi connectivity index (χ0n) is 10.3. The Hall–Kier alpha value is -2.04. The summed E-state index contributed by atoms with van der Waals surface area (Å²) in [6.07, 6.45) is 2.80. The summed E-state index contributed by atoms with van der Waals surface area (Å²) in [6.45, 7) is 3.65. The van der Waals surface area contributed by atoms with E-state index in [1.165, 1.54) is 5.56 Å². The van der Waals surface area contributed by atoms with Gasteiger partial charge in [0.2, 0.25) is 0 Å². The molecule has 1 aliphatic heterocycles. The lowest BCUT2D eigenvalue weighted by molar-refractivity contribution is 0.339. The second kappa shape index (κ2) is 4.68.